The third-order valence-electron chi connectivity index (χ3n) is 5.03. The van der Waals surface area contributed by atoms with Crippen LogP contribution in [0.1, 0.15) is 18.4 Å². The van der Waals surface area contributed by atoms with Gasteiger partial charge < -0.3 is 15.6 Å². The Morgan fingerprint density at radius 1 is 1.11 bits per heavy atom. The molecule has 0 bridgehead atoms. The normalized spacial score (nSPS) is 12.9. The molecule has 2 aromatic carbocycles. The van der Waals surface area contributed by atoms with Gasteiger partial charge >= 0.3 is 0 Å². The number of aromatic amines is 1. The van der Waals surface area contributed by atoms with Gasteiger partial charge in [0, 0.05) is 34.1 Å². The molecule has 0 fully saturated rings. The first-order chi connectivity index (χ1) is 13.0. The molecule has 4 nitrogen and oxygen atoms in total. The number of H-pyrrole nitrogens is 1. The topological polar surface area (TPSA) is 62.1 Å². The number of hydrogen-bond acceptors (Lipinski definition) is 4. The molecule has 0 radical (unpaired) electrons. The highest BCUT2D eigenvalue weighted by molar-refractivity contribution is 7.17. The summed E-state index contributed by atoms with van der Waals surface area (Å²) in [5, 5.41) is 3.93. The fraction of sp³-hybridized carbons (Fsp3) is 0.227. The summed E-state index contributed by atoms with van der Waals surface area (Å²) in [6.07, 6.45) is 0. The second kappa shape index (κ2) is 6.83. The maximum absolute atomic E-state index is 12.3. The van der Waals surface area contributed by atoms with E-state index in [1.807, 2.05) is 23.6 Å². The minimum absolute atomic E-state index is 0.0453. The van der Waals surface area contributed by atoms with Crippen LogP contribution in [-0.4, -0.2) is 30.5 Å². The number of nitrogens with zero attached hydrogens (tertiary/aromatic N) is 1. The molecule has 0 saturated heterocycles. The van der Waals surface area contributed by atoms with Crippen molar-refractivity contribution in [2.75, 3.05) is 26.4 Å². The van der Waals surface area contributed by atoms with Crippen LogP contribution in [0.15, 0.2) is 52.6 Å². The summed E-state index contributed by atoms with van der Waals surface area (Å²) in [5.74, 6) is 0.457. The van der Waals surface area contributed by atoms with E-state index in [1.54, 1.807) is 0 Å². The molecule has 0 spiro atoms. The zero-order chi connectivity index (χ0) is 19.1. The number of pyridine rings is 1. The van der Waals surface area contributed by atoms with Gasteiger partial charge in [0.1, 0.15) is 4.70 Å². The van der Waals surface area contributed by atoms with Gasteiger partial charge in [-0.1, -0.05) is 31.2 Å². The van der Waals surface area contributed by atoms with Gasteiger partial charge in [0.05, 0.1) is 0 Å². The van der Waals surface area contributed by atoms with E-state index in [2.05, 4.69) is 55.2 Å². The Morgan fingerprint density at radius 2 is 1.85 bits per heavy atom. The maximum atomic E-state index is 12.3. The van der Waals surface area contributed by atoms with Gasteiger partial charge in [0.25, 0.3) is 5.56 Å². The Kier molecular flexibility index (Phi) is 4.50. The standard InChI is InChI=1S/C22H23N3OS/c1-13(12-25(2)3)14-4-6-15(7-5-14)19-17(23)8-9-18-20(19)16-10-11-27-21(16)22(26)24-18/h4-11,13H,12,23H2,1-3H3,(H,24,26). The van der Waals surface area contributed by atoms with Crippen molar-refractivity contribution in [1.82, 2.24) is 9.88 Å². The minimum Gasteiger partial charge on any atom is -0.398 e. The Bertz CT molecular complexity index is 1170. The van der Waals surface area contributed by atoms with Gasteiger partial charge in [-0.05, 0) is 54.7 Å². The number of aromatic nitrogens is 1. The van der Waals surface area contributed by atoms with Gasteiger partial charge in [-0.15, -0.1) is 11.3 Å². The minimum atomic E-state index is -0.0453. The first kappa shape index (κ1) is 17.8. The fourth-order valence-corrected chi connectivity index (χ4v) is 4.60. The number of nitrogen functional groups attached to an aromatic ring is 1. The lowest BCUT2D eigenvalue weighted by molar-refractivity contribution is 0.383. The molecular weight excluding hydrogens is 354 g/mol. The van der Waals surface area contributed by atoms with Crippen LogP contribution >= 0.6 is 11.3 Å². The summed E-state index contributed by atoms with van der Waals surface area (Å²) in [7, 11) is 4.18. The number of benzene rings is 2. The molecule has 27 heavy (non-hydrogen) atoms. The van der Waals surface area contributed by atoms with Crippen molar-refractivity contribution in [1.29, 1.82) is 0 Å². The molecule has 0 saturated carbocycles. The van der Waals surface area contributed by atoms with Crippen LogP contribution in [0.5, 0.6) is 0 Å². The highest BCUT2D eigenvalue weighted by atomic mass is 32.1. The van der Waals surface area contributed by atoms with E-state index in [4.69, 9.17) is 5.73 Å². The lowest BCUT2D eigenvalue weighted by Crippen LogP contribution is -2.18. The quantitative estimate of drug-likeness (QED) is 0.509. The number of anilines is 1. The largest absolute Gasteiger partial charge is 0.398 e. The molecule has 1 unspecified atom stereocenters. The molecule has 5 heteroatoms. The van der Waals surface area contributed by atoms with Gasteiger partial charge in [-0.2, -0.15) is 0 Å². The van der Waals surface area contributed by atoms with Crippen LogP contribution in [-0.2, 0) is 0 Å². The number of fused-ring (bicyclic) bond motifs is 3. The predicted molar refractivity (Wildman–Crippen MR) is 117 cm³/mol. The molecule has 138 valence electrons. The third kappa shape index (κ3) is 3.13. The van der Waals surface area contributed by atoms with E-state index in [0.717, 1.165) is 44.3 Å². The number of nitrogens with one attached hydrogen (secondary N) is 1. The van der Waals surface area contributed by atoms with E-state index < -0.39 is 0 Å². The smallest absolute Gasteiger partial charge is 0.266 e. The molecule has 0 aliphatic heterocycles. The summed E-state index contributed by atoms with van der Waals surface area (Å²) in [6.45, 7) is 3.24. The van der Waals surface area contributed by atoms with Crippen molar-refractivity contribution < 1.29 is 0 Å². The number of rotatable bonds is 4. The van der Waals surface area contributed by atoms with Gasteiger partial charge in [0.15, 0.2) is 0 Å². The SMILES string of the molecule is CC(CN(C)C)c1ccc(-c2c(N)ccc3[nH]c(=O)c4sccc4c23)cc1. The Balaban J connectivity index is 1.90. The van der Waals surface area contributed by atoms with Gasteiger partial charge in [0.2, 0.25) is 0 Å². The summed E-state index contributed by atoms with van der Waals surface area (Å²) < 4.78 is 0.741. The molecule has 4 rings (SSSR count). The summed E-state index contributed by atoms with van der Waals surface area (Å²) in [4.78, 5) is 17.5. The van der Waals surface area contributed by atoms with Crippen molar-refractivity contribution in [3.8, 4) is 11.1 Å². The predicted octanol–water partition coefficient (Wildman–Crippen LogP) is 4.66. The van der Waals surface area contributed by atoms with E-state index in [0.29, 0.717) is 5.92 Å². The number of hydrogen-bond donors (Lipinski definition) is 2. The highest BCUT2D eigenvalue weighted by Gasteiger charge is 2.15. The monoisotopic (exact) mass is 377 g/mol. The van der Waals surface area contributed by atoms with Crippen molar-refractivity contribution in [2.45, 2.75) is 12.8 Å². The van der Waals surface area contributed by atoms with Crippen LogP contribution in [0.2, 0.25) is 0 Å². The van der Waals surface area contributed by atoms with E-state index in [1.165, 1.54) is 16.9 Å². The fourth-order valence-electron chi connectivity index (χ4n) is 3.81. The summed E-state index contributed by atoms with van der Waals surface area (Å²) >= 11 is 1.46. The highest BCUT2D eigenvalue weighted by Crippen LogP contribution is 2.38. The molecule has 1 atom stereocenters. The van der Waals surface area contributed by atoms with E-state index >= 15 is 0 Å². The average Bonchev–Trinajstić information content (AvgIpc) is 3.12. The van der Waals surface area contributed by atoms with Crippen LogP contribution in [0.25, 0.3) is 32.1 Å². The van der Waals surface area contributed by atoms with Crippen molar-refractivity contribution in [3.05, 3.63) is 63.8 Å². The number of nitrogens with two attached hydrogens (primary N) is 1. The molecule has 0 aliphatic rings. The second-order valence-corrected chi connectivity index (χ2v) is 8.27. The van der Waals surface area contributed by atoms with Crippen LogP contribution < -0.4 is 11.3 Å². The Hall–Kier alpha value is -2.63. The van der Waals surface area contributed by atoms with Crippen LogP contribution in [0, 0.1) is 0 Å². The lowest BCUT2D eigenvalue weighted by Gasteiger charge is -2.18. The van der Waals surface area contributed by atoms with E-state index in [-0.39, 0.29) is 5.56 Å². The molecule has 0 aliphatic carbocycles. The lowest BCUT2D eigenvalue weighted by atomic mass is 9.93. The molecule has 3 N–H and O–H groups in total. The summed E-state index contributed by atoms with van der Waals surface area (Å²) in [5.41, 5.74) is 11.2. The summed E-state index contributed by atoms with van der Waals surface area (Å²) in [6, 6.07) is 14.4. The zero-order valence-corrected chi connectivity index (χ0v) is 16.6. The molecule has 2 aromatic heterocycles. The van der Waals surface area contributed by atoms with Crippen molar-refractivity contribution >= 4 is 38.0 Å². The first-order valence-corrected chi connectivity index (χ1v) is 9.90. The maximum Gasteiger partial charge on any atom is 0.266 e. The third-order valence-corrected chi connectivity index (χ3v) is 5.95. The van der Waals surface area contributed by atoms with Crippen molar-refractivity contribution in [2.24, 2.45) is 0 Å². The zero-order valence-electron chi connectivity index (χ0n) is 15.7. The van der Waals surface area contributed by atoms with Crippen LogP contribution in [0.4, 0.5) is 5.69 Å². The number of thiophene rings is 1. The first-order valence-electron chi connectivity index (χ1n) is 9.02. The van der Waals surface area contributed by atoms with Crippen molar-refractivity contribution in [3.63, 3.8) is 0 Å². The van der Waals surface area contributed by atoms with Gasteiger partial charge in [-0.3, -0.25) is 4.79 Å². The van der Waals surface area contributed by atoms with E-state index in [9.17, 15) is 4.79 Å². The molecule has 4 aromatic rings. The Morgan fingerprint density at radius 3 is 2.56 bits per heavy atom. The van der Waals surface area contributed by atoms with Gasteiger partial charge in [-0.25, -0.2) is 0 Å². The van der Waals surface area contributed by atoms with Crippen LogP contribution in [0.3, 0.4) is 0 Å². The Labute approximate surface area is 162 Å². The molecule has 0 amide bonds. The number of likely N-dealkylation sites (N-methyl/N-ethyl adjacent to an activating group) is 1. The molecule has 2 heterocycles. The second-order valence-electron chi connectivity index (χ2n) is 7.36. The molecular formula is C22H23N3OS. The average molecular weight is 378 g/mol.